The van der Waals surface area contributed by atoms with Crippen LogP contribution in [0, 0.1) is 0 Å². The van der Waals surface area contributed by atoms with Gasteiger partial charge in [-0.3, -0.25) is 9.78 Å². The second-order valence-corrected chi connectivity index (χ2v) is 4.97. The molecule has 0 radical (unpaired) electrons. The number of carbonyl (C=O) groups excluding carboxylic acids is 1. The molecule has 3 rings (SSSR count). The summed E-state index contributed by atoms with van der Waals surface area (Å²) in [5.41, 5.74) is 1.64. The van der Waals surface area contributed by atoms with Crippen molar-refractivity contribution < 1.29 is 4.79 Å². The van der Waals surface area contributed by atoms with E-state index < -0.39 is 0 Å². The van der Waals surface area contributed by atoms with Gasteiger partial charge in [0.2, 0.25) is 0 Å². The quantitative estimate of drug-likeness (QED) is 0.777. The lowest BCUT2D eigenvalue weighted by Gasteiger charge is -2.32. The van der Waals surface area contributed by atoms with Gasteiger partial charge in [-0.05, 0) is 19.2 Å². The summed E-state index contributed by atoms with van der Waals surface area (Å²) in [7, 11) is 2.09. The number of hydrogen-bond acceptors (Lipinski definition) is 3. The van der Waals surface area contributed by atoms with Crippen molar-refractivity contribution in [1.29, 1.82) is 0 Å². The summed E-state index contributed by atoms with van der Waals surface area (Å²) in [4.78, 5) is 21.1. The molecule has 0 atom stereocenters. The van der Waals surface area contributed by atoms with Gasteiger partial charge in [0.25, 0.3) is 5.91 Å². The fourth-order valence-corrected chi connectivity index (χ4v) is 2.46. The third-order valence-electron chi connectivity index (χ3n) is 3.67. The Morgan fingerprint density at radius 2 is 1.84 bits per heavy atom. The average Bonchev–Trinajstić information content (AvgIpc) is 2.47. The molecule has 0 saturated carbocycles. The van der Waals surface area contributed by atoms with Crippen molar-refractivity contribution in [2.24, 2.45) is 0 Å². The van der Waals surface area contributed by atoms with E-state index in [-0.39, 0.29) is 5.91 Å². The predicted molar refractivity (Wildman–Crippen MR) is 75.1 cm³/mol. The smallest absolute Gasteiger partial charge is 0.254 e. The van der Waals surface area contributed by atoms with E-state index in [2.05, 4.69) is 16.9 Å². The number of carbonyl (C=O) groups is 1. The number of para-hydroxylation sites is 1. The zero-order valence-electron chi connectivity index (χ0n) is 11.0. The molecule has 19 heavy (non-hydrogen) atoms. The molecule has 1 fully saturated rings. The Morgan fingerprint density at radius 3 is 2.63 bits per heavy atom. The first kappa shape index (κ1) is 12.1. The van der Waals surface area contributed by atoms with Crippen molar-refractivity contribution in [3.8, 4) is 0 Å². The Kier molecular flexibility index (Phi) is 3.17. The second kappa shape index (κ2) is 4.97. The minimum absolute atomic E-state index is 0.117. The van der Waals surface area contributed by atoms with Crippen molar-refractivity contribution in [3.63, 3.8) is 0 Å². The van der Waals surface area contributed by atoms with Crippen LogP contribution >= 0.6 is 0 Å². The van der Waals surface area contributed by atoms with E-state index in [0.717, 1.165) is 42.6 Å². The summed E-state index contributed by atoms with van der Waals surface area (Å²) in [5.74, 6) is 0.117. The van der Waals surface area contributed by atoms with Crippen molar-refractivity contribution in [3.05, 3.63) is 42.1 Å². The van der Waals surface area contributed by atoms with Crippen LogP contribution in [0.15, 0.2) is 36.5 Å². The monoisotopic (exact) mass is 255 g/mol. The Labute approximate surface area is 112 Å². The summed E-state index contributed by atoms with van der Waals surface area (Å²) in [5, 5.41) is 0.939. The van der Waals surface area contributed by atoms with Gasteiger partial charge in [-0.15, -0.1) is 0 Å². The van der Waals surface area contributed by atoms with Gasteiger partial charge < -0.3 is 9.80 Å². The molecule has 0 bridgehead atoms. The number of benzene rings is 1. The SMILES string of the molecule is CN1CCN(C(=O)c2ccnc3ccccc23)CC1. The number of rotatable bonds is 1. The van der Waals surface area contributed by atoms with Gasteiger partial charge in [0.05, 0.1) is 11.1 Å². The van der Waals surface area contributed by atoms with E-state index in [4.69, 9.17) is 0 Å². The number of fused-ring (bicyclic) bond motifs is 1. The lowest BCUT2D eigenvalue weighted by molar-refractivity contribution is 0.0666. The van der Waals surface area contributed by atoms with E-state index in [1.54, 1.807) is 6.20 Å². The van der Waals surface area contributed by atoms with Crippen LogP contribution in [0.4, 0.5) is 0 Å². The van der Waals surface area contributed by atoms with Crippen LogP contribution in [-0.4, -0.2) is 53.9 Å². The highest BCUT2D eigenvalue weighted by atomic mass is 16.2. The molecule has 1 aliphatic heterocycles. The summed E-state index contributed by atoms with van der Waals surface area (Å²) in [6.45, 7) is 3.47. The zero-order chi connectivity index (χ0) is 13.2. The molecule has 1 aromatic heterocycles. The maximum atomic E-state index is 12.6. The van der Waals surface area contributed by atoms with Crippen LogP contribution in [-0.2, 0) is 0 Å². The highest BCUT2D eigenvalue weighted by Crippen LogP contribution is 2.18. The molecule has 1 aromatic carbocycles. The first-order valence-electron chi connectivity index (χ1n) is 6.57. The first-order chi connectivity index (χ1) is 9.25. The van der Waals surface area contributed by atoms with E-state index in [1.807, 2.05) is 35.2 Å². The molecule has 98 valence electrons. The van der Waals surface area contributed by atoms with Crippen LogP contribution in [0.2, 0.25) is 0 Å². The van der Waals surface area contributed by atoms with E-state index in [0.29, 0.717) is 0 Å². The summed E-state index contributed by atoms with van der Waals surface area (Å²) in [6.07, 6.45) is 1.71. The minimum Gasteiger partial charge on any atom is -0.336 e. The number of nitrogens with zero attached hydrogens (tertiary/aromatic N) is 3. The van der Waals surface area contributed by atoms with Crippen molar-refractivity contribution >= 4 is 16.8 Å². The summed E-state index contributed by atoms with van der Waals surface area (Å²) >= 11 is 0. The molecule has 0 N–H and O–H groups in total. The van der Waals surface area contributed by atoms with Crippen molar-refractivity contribution in [2.75, 3.05) is 33.2 Å². The Morgan fingerprint density at radius 1 is 1.11 bits per heavy atom. The molecule has 4 nitrogen and oxygen atoms in total. The Balaban J connectivity index is 1.93. The Bertz CT molecular complexity index is 598. The summed E-state index contributed by atoms with van der Waals surface area (Å²) in [6, 6.07) is 9.62. The zero-order valence-corrected chi connectivity index (χ0v) is 11.0. The molecule has 0 aliphatic carbocycles. The Hall–Kier alpha value is -1.94. The molecule has 2 aromatic rings. The van der Waals surface area contributed by atoms with Crippen LogP contribution in [0.25, 0.3) is 10.9 Å². The highest BCUT2D eigenvalue weighted by Gasteiger charge is 2.21. The van der Waals surface area contributed by atoms with Crippen LogP contribution in [0.3, 0.4) is 0 Å². The molecular weight excluding hydrogens is 238 g/mol. The van der Waals surface area contributed by atoms with E-state index >= 15 is 0 Å². The summed E-state index contributed by atoms with van der Waals surface area (Å²) < 4.78 is 0. The molecule has 4 heteroatoms. The number of amides is 1. The maximum Gasteiger partial charge on any atom is 0.254 e. The average molecular weight is 255 g/mol. The molecule has 1 amide bonds. The molecule has 2 heterocycles. The third kappa shape index (κ3) is 2.31. The second-order valence-electron chi connectivity index (χ2n) is 4.97. The molecule has 1 aliphatic rings. The van der Waals surface area contributed by atoms with Gasteiger partial charge in [-0.1, -0.05) is 18.2 Å². The highest BCUT2D eigenvalue weighted by molar-refractivity contribution is 6.05. The lowest BCUT2D eigenvalue weighted by atomic mass is 10.1. The minimum atomic E-state index is 0.117. The van der Waals surface area contributed by atoms with Gasteiger partial charge in [-0.2, -0.15) is 0 Å². The maximum absolute atomic E-state index is 12.6. The van der Waals surface area contributed by atoms with Crippen LogP contribution in [0.5, 0.6) is 0 Å². The first-order valence-corrected chi connectivity index (χ1v) is 6.57. The fraction of sp³-hybridized carbons (Fsp3) is 0.333. The fourth-order valence-electron chi connectivity index (χ4n) is 2.46. The lowest BCUT2D eigenvalue weighted by Crippen LogP contribution is -2.47. The normalized spacial score (nSPS) is 16.8. The van der Waals surface area contributed by atoms with Crippen LogP contribution < -0.4 is 0 Å². The third-order valence-corrected chi connectivity index (χ3v) is 3.67. The van der Waals surface area contributed by atoms with Crippen LogP contribution in [0.1, 0.15) is 10.4 Å². The van der Waals surface area contributed by atoms with Gasteiger partial charge in [-0.25, -0.2) is 0 Å². The van der Waals surface area contributed by atoms with E-state index in [1.165, 1.54) is 0 Å². The standard InChI is InChI=1S/C15H17N3O/c1-17-8-10-18(11-9-17)15(19)13-6-7-16-14-5-3-2-4-12(13)14/h2-7H,8-11H2,1H3. The van der Waals surface area contributed by atoms with Gasteiger partial charge >= 0.3 is 0 Å². The largest absolute Gasteiger partial charge is 0.336 e. The molecule has 1 saturated heterocycles. The topological polar surface area (TPSA) is 36.4 Å². The predicted octanol–water partition coefficient (Wildman–Crippen LogP) is 1.62. The molecular formula is C15H17N3O. The number of pyridine rings is 1. The van der Waals surface area contributed by atoms with Gasteiger partial charge in [0, 0.05) is 37.8 Å². The van der Waals surface area contributed by atoms with E-state index in [9.17, 15) is 4.79 Å². The number of hydrogen-bond donors (Lipinski definition) is 0. The number of aromatic nitrogens is 1. The molecule has 0 unspecified atom stereocenters. The molecule has 0 spiro atoms. The van der Waals surface area contributed by atoms with Crippen molar-refractivity contribution in [1.82, 2.24) is 14.8 Å². The number of piperazine rings is 1. The number of likely N-dealkylation sites (N-methyl/N-ethyl adjacent to an activating group) is 1. The van der Waals surface area contributed by atoms with Gasteiger partial charge in [0.15, 0.2) is 0 Å². The van der Waals surface area contributed by atoms with Crippen molar-refractivity contribution in [2.45, 2.75) is 0 Å². The van der Waals surface area contributed by atoms with Gasteiger partial charge in [0.1, 0.15) is 0 Å².